The smallest absolute Gasteiger partial charge is 0.216 e. The van der Waals surface area contributed by atoms with E-state index in [4.69, 9.17) is 12.2 Å². The van der Waals surface area contributed by atoms with Crippen LogP contribution in [0.5, 0.6) is 0 Å². The summed E-state index contributed by atoms with van der Waals surface area (Å²) >= 11 is 5.09. The second kappa shape index (κ2) is 4.85. The average Bonchev–Trinajstić information content (AvgIpc) is 2.69. The van der Waals surface area contributed by atoms with Crippen LogP contribution in [-0.2, 0) is 6.42 Å². The predicted molar refractivity (Wildman–Crippen MR) is 66.2 cm³/mol. The second-order valence-electron chi connectivity index (χ2n) is 3.27. The minimum absolute atomic E-state index is 0.518. The van der Waals surface area contributed by atoms with Gasteiger partial charge in [0.05, 0.1) is 6.21 Å². The fourth-order valence-electron chi connectivity index (χ4n) is 1.34. The summed E-state index contributed by atoms with van der Waals surface area (Å²) in [4.78, 5) is 0. The molecular weight excluding hydrogens is 220 g/mol. The highest BCUT2D eigenvalue weighted by Gasteiger charge is 2.00. The molecule has 5 heteroatoms. The molecule has 4 nitrogen and oxygen atoms in total. The maximum atomic E-state index is 5.09. The first-order valence-electron chi connectivity index (χ1n) is 5.07. The molecule has 0 spiro atoms. The monoisotopic (exact) mass is 232 g/mol. The van der Waals surface area contributed by atoms with Gasteiger partial charge < -0.3 is 0 Å². The zero-order chi connectivity index (χ0) is 11.4. The number of nitrogens with zero attached hydrogens (tertiary/aromatic N) is 3. The van der Waals surface area contributed by atoms with Crippen molar-refractivity contribution in [2.45, 2.75) is 13.3 Å². The summed E-state index contributed by atoms with van der Waals surface area (Å²) in [5, 5.41) is 11.1. The van der Waals surface area contributed by atoms with Crippen LogP contribution in [0.1, 0.15) is 18.3 Å². The van der Waals surface area contributed by atoms with Crippen LogP contribution in [-0.4, -0.2) is 21.1 Å². The highest BCUT2D eigenvalue weighted by atomic mass is 32.1. The van der Waals surface area contributed by atoms with E-state index in [2.05, 4.69) is 15.3 Å². The third kappa shape index (κ3) is 2.25. The van der Waals surface area contributed by atoms with Crippen LogP contribution < -0.4 is 0 Å². The van der Waals surface area contributed by atoms with E-state index in [-0.39, 0.29) is 0 Å². The summed E-state index contributed by atoms with van der Waals surface area (Å²) in [7, 11) is 0. The first-order chi connectivity index (χ1) is 7.81. The summed E-state index contributed by atoms with van der Waals surface area (Å²) in [6, 6.07) is 9.88. The molecule has 0 fully saturated rings. The van der Waals surface area contributed by atoms with Crippen molar-refractivity contribution in [1.82, 2.24) is 14.9 Å². The van der Waals surface area contributed by atoms with Crippen LogP contribution in [0.2, 0.25) is 0 Å². The van der Waals surface area contributed by atoms with Crippen molar-refractivity contribution in [1.29, 1.82) is 0 Å². The fourth-order valence-corrected chi connectivity index (χ4v) is 1.53. The zero-order valence-corrected chi connectivity index (χ0v) is 9.74. The maximum absolute atomic E-state index is 5.09. The van der Waals surface area contributed by atoms with Crippen molar-refractivity contribution in [3.8, 4) is 0 Å². The molecule has 0 bridgehead atoms. The Labute approximate surface area is 98.6 Å². The lowest BCUT2D eigenvalue weighted by atomic mass is 10.2. The van der Waals surface area contributed by atoms with Crippen molar-refractivity contribution < 1.29 is 0 Å². The number of aromatic nitrogens is 3. The topological polar surface area (TPSA) is 46.0 Å². The van der Waals surface area contributed by atoms with E-state index >= 15 is 0 Å². The lowest BCUT2D eigenvalue weighted by molar-refractivity contribution is 0.780. The Bertz CT molecular complexity index is 539. The minimum Gasteiger partial charge on any atom is -0.250 e. The number of nitrogens with one attached hydrogen (secondary N) is 1. The van der Waals surface area contributed by atoms with Crippen LogP contribution in [0.4, 0.5) is 0 Å². The molecule has 0 saturated carbocycles. The Hall–Kier alpha value is -1.75. The molecule has 0 amide bonds. The van der Waals surface area contributed by atoms with Gasteiger partial charge in [-0.3, -0.25) is 5.10 Å². The van der Waals surface area contributed by atoms with Crippen LogP contribution in [0.3, 0.4) is 0 Å². The van der Waals surface area contributed by atoms with Gasteiger partial charge in [0.1, 0.15) is 0 Å². The van der Waals surface area contributed by atoms with Gasteiger partial charge in [-0.2, -0.15) is 14.9 Å². The number of aromatic amines is 1. The molecule has 0 aliphatic heterocycles. The normalized spacial score (nSPS) is 11.1. The van der Waals surface area contributed by atoms with Gasteiger partial charge in [0, 0.05) is 6.42 Å². The Morgan fingerprint density at radius 2 is 2.19 bits per heavy atom. The predicted octanol–water partition coefficient (Wildman–Crippen LogP) is 2.39. The molecule has 0 saturated heterocycles. The molecular formula is C11H12N4S. The lowest BCUT2D eigenvalue weighted by Gasteiger charge is -1.96. The van der Waals surface area contributed by atoms with E-state index in [0.717, 1.165) is 17.8 Å². The third-order valence-corrected chi connectivity index (χ3v) is 2.42. The quantitative estimate of drug-likeness (QED) is 0.652. The highest BCUT2D eigenvalue weighted by molar-refractivity contribution is 7.71. The molecule has 0 aliphatic carbocycles. The van der Waals surface area contributed by atoms with Gasteiger partial charge in [0.15, 0.2) is 5.82 Å². The molecule has 1 heterocycles. The van der Waals surface area contributed by atoms with Gasteiger partial charge in [-0.05, 0) is 17.8 Å². The standard InChI is InChI=1S/C11H12N4S/c1-2-10-13-14-11(16)15(10)12-8-9-6-4-3-5-7-9/h3-8H,2H2,1H3,(H,14,16)/b12-8-. The highest BCUT2D eigenvalue weighted by Crippen LogP contribution is 1.99. The SMILES string of the molecule is CCc1n[nH]c(=S)n1/N=C\c1ccccc1. The summed E-state index contributed by atoms with van der Waals surface area (Å²) in [6.07, 6.45) is 2.56. The van der Waals surface area contributed by atoms with Gasteiger partial charge in [0.2, 0.25) is 4.77 Å². The lowest BCUT2D eigenvalue weighted by Crippen LogP contribution is -1.97. The summed E-state index contributed by atoms with van der Waals surface area (Å²) in [5.74, 6) is 0.831. The number of benzene rings is 1. The van der Waals surface area contributed by atoms with E-state index in [1.165, 1.54) is 0 Å². The molecule has 82 valence electrons. The van der Waals surface area contributed by atoms with Crippen LogP contribution in [0, 0.1) is 4.77 Å². The van der Waals surface area contributed by atoms with Gasteiger partial charge in [-0.25, -0.2) is 0 Å². The first-order valence-corrected chi connectivity index (χ1v) is 5.48. The van der Waals surface area contributed by atoms with Crippen LogP contribution in [0.15, 0.2) is 35.4 Å². The minimum atomic E-state index is 0.518. The van der Waals surface area contributed by atoms with Gasteiger partial charge in [0.25, 0.3) is 0 Å². The molecule has 0 atom stereocenters. The summed E-state index contributed by atoms with van der Waals surface area (Å²) < 4.78 is 2.16. The van der Waals surface area contributed by atoms with E-state index in [1.54, 1.807) is 10.9 Å². The molecule has 1 aromatic carbocycles. The molecule has 0 radical (unpaired) electrons. The Morgan fingerprint density at radius 3 is 2.88 bits per heavy atom. The first kappa shape index (κ1) is 10.8. The van der Waals surface area contributed by atoms with Crippen LogP contribution >= 0.6 is 12.2 Å². The average molecular weight is 232 g/mol. The number of rotatable bonds is 3. The molecule has 2 rings (SSSR count). The number of hydrogen-bond acceptors (Lipinski definition) is 3. The van der Waals surface area contributed by atoms with Crippen molar-refractivity contribution in [2.75, 3.05) is 0 Å². The zero-order valence-electron chi connectivity index (χ0n) is 8.92. The van der Waals surface area contributed by atoms with Crippen molar-refractivity contribution in [3.63, 3.8) is 0 Å². The maximum Gasteiger partial charge on any atom is 0.216 e. The summed E-state index contributed by atoms with van der Waals surface area (Å²) in [5.41, 5.74) is 1.03. The fraction of sp³-hybridized carbons (Fsp3) is 0.182. The largest absolute Gasteiger partial charge is 0.250 e. The Morgan fingerprint density at radius 1 is 1.44 bits per heavy atom. The molecule has 1 aromatic heterocycles. The summed E-state index contributed by atoms with van der Waals surface area (Å²) in [6.45, 7) is 2.01. The van der Waals surface area contributed by atoms with E-state index in [0.29, 0.717) is 4.77 Å². The number of H-pyrrole nitrogens is 1. The second-order valence-corrected chi connectivity index (χ2v) is 3.65. The van der Waals surface area contributed by atoms with Crippen molar-refractivity contribution in [3.05, 3.63) is 46.5 Å². The van der Waals surface area contributed by atoms with E-state index in [1.807, 2.05) is 37.3 Å². The molecule has 16 heavy (non-hydrogen) atoms. The number of hydrogen-bond donors (Lipinski definition) is 1. The Balaban J connectivity index is 2.30. The van der Waals surface area contributed by atoms with Gasteiger partial charge in [-0.15, -0.1) is 0 Å². The van der Waals surface area contributed by atoms with Crippen molar-refractivity contribution in [2.24, 2.45) is 5.10 Å². The molecule has 0 aliphatic rings. The van der Waals surface area contributed by atoms with Crippen molar-refractivity contribution >= 4 is 18.4 Å². The molecule has 0 unspecified atom stereocenters. The van der Waals surface area contributed by atoms with Gasteiger partial charge in [-0.1, -0.05) is 37.3 Å². The molecule has 2 aromatic rings. The van der Waals surface area contributed by atoms with E-state index < -0.39 is 0 Å². The number of aryl methyl sites for hydroxylation is 1. The van der Waals surface area contributed by atoms with Crippen LogP contribution in [0.25, 0.3) is 0 Å². The Kier molecular flexibility index (Phi) is 3.26. The van der Waals surface area contributed by atoms with Gasteiger partial charge >= 0.3 is 0 Å². The third-order valence-electron chi connectivity index (χ3n) is 2.16. The van der Waals surface area contributed by atoms with E-state index in [9.17, 15) is 0 Å². The molecule has 1 N–H and O–H groups in total.